The van der Waals surface area contributed by atoms with Crippen LogP contribution in [0.1, 0.15) is 29.7 Å². The first-order valence-electron chi connectivity index (χ1n) is 9.20. The molecule has 4 rings (SSSR count). The lowest BCUT2D eigenvalue weighted by Gasteiger charge is -2.33. The summed E-state index contributed by atoms with van der Waals surface area (Å²) in [6.45, 7) is 0.644. The van der Waals surface area contributed by atoms with E-state index in [1.54, 1.807) is 18.3 Å². The van der Waals surface area contributed by atoms with Crippen LogP contribution in [0.2, 0.25) is 0 Å². The average molecular weight is 489 g/mol. The van der Waals surface area contributed by atoms with Crippen LogP contribution in [-0.4, -0.2) is 37.2 Å². The van der Waals surface area contributed by atoms with E-state index in [0.717, 1.165) is 29.7 Å². The Morgan fingerprint density at radius 1 is 1.50 bits per heavy atom. The quantitative estimate of drug-likeness (QED) is 0.659. The average Bonchev–Trinajstić information content (AvgIpc) is 3.40. The number of azo groups is 1. The summed E-state index contributed by atoms with van der Waals surface area (Å²) < 4.78 is 11.2. The molecule has 0 bridgehead atoms. The van der Waals surface area contributed by atoms with Crippen molar-refractivity contribution in [1.29, 1.82) is 5.26 Å². The molecule has 0 saturated carbocycles. The molecule has 1 N–H and O–H groups in total. The Kier molecular flexibility index (Phi) is 5.90. The van der Waals surface area contributed by atoms with Crippen LogP contribution in [0.15, 0.2) is 38.0 Å². The highest BCUT2D eigenvalue weighted by Gasteiger charge is 2.47. The number of methoxy groups -OCH3 is 1. The summed E-state index contributed by atoms with van der Waals surface area (Å²) in [6, 6.07) is 5.72. The van der Waals surface area contributed by atoms with Crippen molar-refractivity contribution < 1.29 is 14.3 Å². The molecule has 2 aliphatic heterocycles. The minimum Gasteiger partial charge on any atom is -0.453 e. The second-order valence-corrected chi connectivity index (χ2v) is 8.46. The van der Waals surface area contributed by atoms with E-state index in [1.165, 1.54) is 24.8 Å². The van der Waals surface area contributed by atoms with Gasteiger partial charge in [0.15, 0.2) is 0 Å². The highest BCUT2D eigenvalue weighted by molar-refractivity contribution is 9.10. The summed E-state index contributed by atoms with van der Waals surface area (Å²) in [7, 11) is 1.28. The van der Waals surface area contributed by atoms with Gasteiger partial charge in [0.2, 0.25) is 5.66 Å². The number of aliphatic imine (C=N–C) groups is 1. The van der Waals surface area contributed by atoms with Gasteiger partial charge in [-0.25, -0.2) is 14.8 Å². The fourth-order valence-electron chi connectivity index (χ4n) is 3.46. The zero-order valence-corrected chi connectivity index (χ0v) is 18.4. The smallest absolute Gasteiger partial charge is 0.412 e. The van der Waals surface area contributed by atoms with Gasteiger partial charge in [0.25, 0.3) is 0 Å². The molecule has 1 saturated heterocycles. The summed E-state index contributed by atoms with van der Waals surface area (Å²) in [5.74, 6) is 0.318. The fourth-order valence-corrected chi connectivity index (χ4v) is 5.67. The number of carbonyl (C=O) groups is 1. The van der Waals surface area contributed by atoms with Crippen molar-refractivity contribution in [2.75, 3.05) is 19.0 Å². The van der Waals surface area contributed by atoms with E-state index < -0.39 is 11.8 Å². The van der Waals surface area contributed by atoms with Crippen LogP contribution in [0.4, 0.5) is 10.6 Å². The molecule has 2 aromatic heterocycles. The molecule has 30 heavy (non-hydrogen) atoms. The second-order valence-electron chi connectivity index (χ2n) is 6.65. The summed E-state index contributed by atoms with van der Waals surface area (Å²) in [5, 5.41) is 20.8. The van der Waals surface area contributed by atoms with Gasteiger partial charge in [-0.05, 0) is 52.9 Å². The molecular formula is C19H17BrN6O3S. The molecule has 0 radical (unpaired) electrons. The number of carbonyl (C=O) groups excluding carboxylic acids is 1. The zero-order valence-electron chi connectivity index (χ0n) is 16.0. The first-order valence-corrected chi connectivity index (χ1v) is 10.8. The third-order valence-corrected chi connectivity index (χ3v) is 7.29. The Bertz CT molecular complexity index is 1060. The maximum absolute atomic E-state index is 11.5. The molecule has 1 fully saturated rings. The molecule has 2 aromatic rings. The minimum absolute atomic E-state index is 0.253. The van der Waals surface area contributed by atoms with E-state index in [2.05, 4.69) is 52.3 Å². The highest BCUT2D eigenvalue weighted by Crippen LogP contribution is 2.50. The molecule has 9 nitrogen and oxygen atoms in total. The van der Waals surface area contributed by atoms with Crippen LogP contribution in [0.5, 0.6) is 0 Å². The van der Waals surface area contributed by atoms with E-state index in [-0.39, 0.29) is 6.10 Å². The predicted octanol–water partition coefficient (Wildman–Crippen LogP) is 4.84. The van der Waals surface area contributed by atoms with Gasteiger partial charge in [0.1, 0.15) is 24.3 Å². The topological polar surface area (TPSA) is 121 Å². The van der Waals surface area contributed by atoms with Crippen LogP contribution >= 0.6 is 27.3 Å². The van der Waals surface area contributed by atoms with Crippen LogP contribution in [0.25, 0.3) is 10.4 Å². The number of nitriles is 1. The first kappa shape index (κ1) is 20.6. The molecule has 2 atom stereocenters. The minimum atomic E-state index is -1.01. The number of anilines is 1. The van der Waals surface area contributed by atoms with E-state index in [0.29, 0.717) is 27.3 Å². The van der Waals surface area contributed by atoms with Crippen LogP contribution in [-0.2, 0) is 15.1 Å². The molecule has 0 spiro atoms. The van der Waals surface area contributed by atoms with Gasteiger partial charge in [-0.1, -0.05) is 0 Å². The molecule has 2 unspecified atom stereocenters. The van der Waals surface area contributed by atoms with Gasteiger partial charge in [-0.15, -0.1) is 21.6 Å². The number of ether oxygens (including phenoxy) is 2. The number of hydrogen-bond donors (Lipinski definition) is 1. The van der Waals surface area contributed by atoms with E-state index in [1.807, 2.05) is 0 Å². The Morgan fingerprint density at radius 3 is 3.03 bits per heavy atom. The van der Waals surface area contributed by atoms with Gasteiger partial charge >= 0.3 is 6.09 Å². The number of rotatable bonds is 4. The molecule has 11 heteroatoms. The summed E-state index contributed by atoms with van der Waals surface area (Å²) in [6.07, 6.45) is 4.94. The monoisotopic (exact) mass is 488 g/mol. The van der Waals surface area contributed by atoms with E-state index in [9.17, 15) is 10.1 Å². The van der Waals surface area contributed by atoms with Crippen molar-refractivity contribution in [3.8, 4) is 16.5 Å². The van der Waals surface area contributed by atoms with Gasteiger partial charge in [0, 0.05) is 12.8 Å². The van der Waals surface area contributed by atoms with Crippen molar-refractivity contribution in [2.24, 2.45) is 15.2 Å². The lowest BCUT2D eigenvalue weighted by atomic mass is 9.95. The van der Waals surface area contributed by atoms with Crippen molar-refractivity contribution >= 4 is 45.5 Å². The Morgan fingerprint density at radius 2 is 2.37 bits per heavy atom. The number of amides is 1. The first-order chi connectivity index (χ1) is 14.6. The van der Waals surface area contributed by atoms with Gasteiger partial charge < -0.3 is 9.47 Å². The number of nitrogens with zero attached hydrogens (tertiary/aromatic N) is 5. The van der Waals surface area contributed by atoms with Crippen molar-refractivity contribution in [1.82, 2.24) is 4.98 Å². The van der Waals surface area contributed by atoms with Crippen LogP contribution in [0, 0.1) is 11.3 Å². The Balaban J connectivity index is 1.79. The maximum atomic E-state index is 11.5. The largest absolute Gasteiger partial charge is 0.453 e. The third-order valence-electron chi connectivity index (χ3n) is 4.88. The maximum Gasteiger partial charge on any atom is 0.412 e. The van der Waals surface area contributed by atoms with Crippen LogP contribution in [0.3, 0.4) is 0 Å². The number of halogens is 1. The van der Waals surface area contributed by atoms with Gasteiger partial charge in [-0.2, -0.15) is 5.26 Å². The SMILES string of the molecule is COC(=O)Nc1cc(-c2sc(C3(C4CCCCO4)N=CN=N3)c(Br)c2C#N)ccn1. The number of hydrogen-bond acceptors (Lipinski definition) is 9. The van der Waals surface area contributed by atoms with E-state index >= 15 is 0 Å². The molecule has 0 aliphatic carbocycles. The van der Waals surface area contributed by atoms with Crippen LogP contribution < -0.4 is 5.32 Å². The number of nitrogens with one attached hydrogen (secondary N) is 1. The number of thiophene rings is 1. The number of aromatic nitrogens is 1. The molecule has 2 aliphatic rings. The normalized spacial score (nSPS) is 22.6. The summed E-state index contributed by atoms with van der Waals surface area (Å²) >= 11 is 4.99. The lowest BCUT2D eigenvalue weighted by molar-refractivity contribution is -0.0308. The van der Waals surface area contributed by atoms with E-state index in [4.69, 9.17) is 4.74 Å². The van der Waals surface area contributed by atoms with Gasteiger partial charge in [-0.3, -0.25) is 5.32 Å². The second kappa shape index (κ2) is 8.59. The summed E-state index contributed by atoms with van der Waals surface area (Å²) in [4.78, 5) is 21.7. The zero-order chi connectivity index (χ0) is 21.1. The Labute approximate surface area is 185 Å². The number of pyridine rings is 1. The fraction of sp³-hybridized carbons (Fsp3) is 0.368. The lowest BCUT2D eigenvalue weighted by Crippen LogP contribution is -2.39. The highest BCUT2D eigenvalue weighted by atomic mass is 79.9. The summed E-state index contributed by atoms with van der Waals surface area (Å²) in [5.41, 5.74) is 0.176. The predicted molar refractivity (Wildman–Crippen MR) is 115 cm³/mol. The Hall–Kier alpha value is -2.68. The van der Waals surface area contributed by atoms with Crippen molar-refractivity contribution in [3.63, 3.8) is 0 Å². The standard InChI is InChI=1S/C19H17BrN6O3S/c1-28-18(27)25-14-8-11(5-6-22-14)16-12(9-21)15(20)17(30-16)19(23-10-24-26-19)13-4-2-3-7-29-13/h5-6,8,10,13H,2-4,7H2,1H3,(H,22,25,27). The van der Waals surface area contributed by atoms with Crippen molar-refractivity contribution in [2.45, 2.75) is 31.0 Å². The van der Waals surface area contributed by atoms with Gasteiger partial charge in [0.05, 0.1) is 26.9 Å². The molecule has 154 valence electrons. The molecule has 0 aromatic carbocycles. The molecule has 4 heterocycles. The molecular weight excluding hydrogens is 472 g/mol. The van der Waals surface area contributed by atoms with Crippen molar-refractivity contribution in [3.05, 3.63) is 33.2 Å². The third kappa shape index (κ3) is 3.62. The molecule has 1 amide bonds.